The first-order valence-electron chi connectivity index (χ1n) is 8.45. The minimum atomic E-state index is 0.380. The summed E-state index contributed by atoms with van der Waals surface area (Å²) in [4.78, 5) is 0. The third-order valence-corrected chi connectivity index (χ3v) is 4.97. The topological polar surface area (TPSA) is 15.6 Å². The van der Waals surface area contributed by atoms with Gasteiger partial charge in [-0.05, 0) is 42.0 Å². The fourth-order valence-corrected chi connectivity index (χ4v) is 3.95. The van der Waals surface area contributed by atoms with Crippen LogP contribution in [0.4, 0.5) is 0 Å². The molecular formula is C21H22N2. The second kappa shape index (κ2) is 6.04. The zero-order chi connectivity index (χ0) is 15.6. The fourth-order valence-electron chi connectivity index (χ4n) is 3.95. The Morgan fingerprint density at radius 3 is 2.43 bits per heavy atom. The van der Waals surface area contributed by atoms with Crippen molar-refractivity contribution >= 4 is 11.8 Å². The van der Waals surface area contributed by atoms with Crippen molar-refractivity contribution in [1.82, 2.24) is 5.01 Å². The molecule has 0 amide bonds. The first kappa shape index (κ1) is 14.3. The van der Waals surface area contributed by atoms with E-state index in [-0.39, 0.29) is 0 Å². The average Bonchev–Trinajstić information content (AvgIpc) is 2.94. The molecule has 2 aliphatic rings. The summed E-state index contributed by atoms with van der Waals surface area (Å²) in [5.41, 5.74) is 5.37. The van der Waals surface area contributed by atoms with Crippen LogP contribution in [0.2, 0.25) is 0 Å². The largest absolute Gasteiger partial charge is 0.292 e. The molecule has 1 fully saturated rings. The lowest BCUT2D eigenvalue weighted by Crippen LogP contribution is -2.26. The van der Waals surface area contributed by atoms with Gasteiger partial charge in [-0.15, -0.1) is 0 Å². The molecule has 0 radical (unpaired) electrons. The van der Waals surface area contributed by atoms with Gasteiger partial charge in [0.15, 0.2) is 0 Å². The van der Waals surface area contributed by atoms with Crippen LogP contribution in [0.25, 0.3) is 6.08 Å². The lowest BCUT2D eigenvalue weighted by Gasteiger charge is -2.28. The van der Waals surface area contributed by atoms with E-state index in [1.54, 1.807) is 0 Å². The number of hydrogen-bond donors (Lipinski definition) is 0. The molecular weight excluding hydrogens is 280 g/mol. The minimum absolute atomic E-state index is 0.380. The van der Waals surface area contributed by atoms with Crippen LogP contribution in [0, 0.1) is 5.92 Å². The molecule has 2 unspecified atom stereocenters. The monoisotopic (exact) mass is 302 g/mol. The Kier molecular flexibility index (Phi) is 3.74. The molecule has 2 nitrogen and oxygen atoms in total. The van der Waals surface area contributed by atoms with Crippen LogP contribution < -0.4 is 0 Å². The summed E-state index contributed by atoms with van der Waals surface area (Å²) in [5.74, 6) is 0.520. The molecule has 0 bridgehead atoms. The zero-order valence-corrected chi connectivity index (χ0v) is 13.5. The number of hydrazone groups is 1. The Balaban J connectivity index is 1.68. The molecule has 1 saturated carbocycles. The first-order valence-corrected chi connectivity index (χ1v) is 8.45. The van der Waals surface area contributed by atoms with E-state index < -0.39 is 0 Å². The molecule has 2 heteroatoms. The average molecular weight is 302 g/mol. The van der Waals surface area contributed by atoms with E-state index in [1.165, 1.54) is 35.3 Å². The molecule has 116 valence electrons. The Morgan fingerprint density at radius 2 is 1.70 bits per heavy atom. The summed E-state index contributed by atoms with van der Waals surface area (Å²) < 4.78 is 0. The SMILES string of the molecule is CN1N=C2/C(=C/c3ccccc3)CCCC2C1c1ccccc1. The Labute approximate surface area is 138 Å². The lowest BCUT2D eigenvalue weighted by molar-refractivity contribution is 0.241. The molecule has 23 heavy (non-hydrogen) atoms. The zero-order valence-electron chi connectivity index (χ0n) is 13.5. The van der Waals surface area contributed by atoms with Crippen molar-refractivity contribution in [2.75, 3.05) is 7.05 Å². The molecule has 2 atom stereocenters. The third-order valence-electron chi connectivity index (χ3n) is 4.97. The van der Waals surface area contributed by atoms with Gasteiger partial charge in [0.1, 0.15) is 0 Å². The normalized spacial score (nSPS) is 25.3. The summed E-state index contributed by atoms with van der Waals surface area (Å²) >= 11 is 0. The molecule has 1 aliphatic heterocycles. The van der Waals surface area contributed by atoms with Gasteiger partial charge in [0.25, 0.3) is 0 Å². The molecule has 4 rings (SSSR count). The van der Waals surface area contributed by atoms with Gasteiger partial charge < -0.3 is 0 Å². The predicted octanol–water partition coefficient (Wildman–Crippen LogP) is 4.91. The van der Waals surface area contributed by atoms with E-state index in [2.05, 4.69) is 78.8 Å². The van der Waals surface area contributed by atoms with Crippen molar-refractivity contribution in [3.05, 3.63) is 77.4 Å². The van der Waals surface area contributed by atoms with Crippen LogP contribution in [0.5, 0.6) is 0 Å². The Morgan fingerprint density at radius 1 is 1.00 bits per heavy atom. The second-order valence-corrected chi connectivity index (χ2v) is 6.49. The van der Waals surface area contributed by atoms with Gasteiger partial charge in [-0.2, -0.15) is 5.10 Å². The van der Waals surface area contributed by atoms with Crippen LogP contribution in [-0.4, -0.2) is 17.8 Å². The summed E-state index contributed by atoms with van der Waals surface area (Å²) in [6.45, 7) is 0. The standard InChI is InChI=1S/C21H22N2/c1-23-21(17-11-6-3-7-12-17)19-14-8-13-18(20(19)22-23)15-16-9-4-2-5-10-16/h2-7,9-12,15,19,21H,8,13-14H2,1H3/b18-15+. The van der Waals surface area contributed by atoms with Crippen molar-refractivity contribution in [3.8, 4) is 0 Å². The third kappa shape index (κ3) is 2.70. The van der Waals surface area contributed by atoms with E-state index in [1.807, 2.05) is 0 Å². The van der Waals surface area contributed by atoms with Gasteiger partial charge in [0, 0.05) is 13.0 Å². The van der Waals surface area contributed by atoms with Crippen LogP contribution >= 0.6 is 0 Å². The van der Waals surface area contributed by atoms with E-state index in [0.29, 0.717) is 12.0 Å². The molecule has 0 spiro atoms. The summed E-state index contributed by atoms with van der Waals surface area (Å²) in [5, 5.41) is 7.09. The maximum absolute atomic E-state index is 4.93. The highest BCUT2D eigenvalue weighted by molar-refractivity contribution is 6.07. The van der Waals surface area contributed by atoms with Crippen molar-refractivity contribution in [2.45, 2.75) is 25.3 Å². The van der Waals surface area contributed by atoms with Crippen molar-refractivity contribution in [1.29, 1.82) is 0 Å². The Hall–Kier alpha value is -2.35. The number of rotatable bonds is 2. The van der Waals surface area contributed by atoms with Crippen LogP contribution in [0.15, 0.2) is 71.3 Å². The Bertz CT molecular complexity index is 731. The predicted molar refractivity (Wildman–Crippen MR) is 96.1 cm³/mol. The van der Waals surface area contributed by atoms with Gasteiger partial charge >= 0.3 is 0 Å². The van der Waals surface area contributed by atoms with E-state index in [4.69, 9.17) is 5.10 Å². The molecule has 0 N–H and O–H groups in total. The summed E-state index contributed by atoms with van der Waals surface area (Å²) in [6.07, 6.45) is 5.94. The van der Waals surface area contributed by atoms with Gasteiger partial charge in [-0.3, -0.25) is 5.01 Å². The van der Waals surface area contributed by atoms with Gasteiger partial charge in [0.05, 0.1) is 11.8 Å². The summed E-state index contributed by atoms with van der Waals surface area (Å²) in [7, 11) is 2.11. The highest BCUT2D eigenvalue weighted by atomic mass is 15.5. The van der Waals surface area contributed by atoms with E-state index >= 15 is 0 Å². The lowest BCUT2D eigenvalue weighted by atomic mass is 9.77. The smallest absolute Gasteiger partial charge is 0.0801 e. The van der Waals surface area contributed by atoms with Crippen molar-refractivity contribution in [3.63, 3.8) is 0 Å². The molecule has 2 aromatic rings. The summed E-state index contributed by atoms with van der Waals surface area (Å²) in [6, 6.07) is 21.8. The van der Waals surface area contributed by atoms with Crippen LogP contribution in [-0.2, 0) is 0 Å². The second-order valence-electron chi connectivity index (χ2n) is 6.49. The quantitative estimate of drug-likeness (QED) is 0.769. The molecule has 0 aromatic heterocycles. The number of hydrogen-bond acceptors (Lipinski definition) is 2. The molecule has 1 aliphatic carbocycles. The van der Waals surface area contributed by atoms with Crippen LogP contribution in [0.3, 0.4) is 0 Å². The fraction of sp³-hybridized carbons (Fsp3) is 0.286. The molecule has 1 heterocycles. The van der Waals surface area contributed by atoms with E-state index in [0.717, 1.165) is 6.42 Å². The maximum atomic E-state index is 4.93. The van der Waals surface area contributed by atoms with Crippen molar-refractivity contribution < 1.29 is 0 Å². The minimum Gasteiger partial charge on any atom is -0.292 e. The number of nitrogens with zero attached hydrogens (tertiary/aromatic N) is 2. The van der Waals surface area contributed by atoms with Crippen molar-refractivity contribution in [2.24, 2.45) is 11.0 Å². The highest BCUT2D eigenvalue weighted by Gasteiger charge is 2.39. The maximum Gasteiger partial charge on any atom is 0.0801 e. The highest BCUT2D eigenvalue weighted by Crippen LogP contribution is 2.43. The molecule has 2 aromatic carbocycles. The first-order chi connectivity index (χ1) is 11.3. The van der Waals surface area contributed by atoms with E-state index in [9.17, 15) is 0 Å². The van der Waals surface area contributed by atoms with Gasteiger partial charge in [-0.25, -0.2) is 0 Å². The van der Waals surface area contributed by atoms with Gasteiger partial charge in [-0.1, -0.05) is 60.7 Å². The number of fused-ring (bicyclic) bond motifs is 1. The number of allylic oxidation sites excluding steroid dienone is 1. The van der Waals surface area contributed by atoms with Crippen LogP contribution in [0.1, 0.15) is 36.4 Å². The number of benzene rings is 2. The molecule has 0 saturated heterocycles. The van der Waals surface area contributed by atoms with Gasteiger partial charge in [0.2, 0.25) is 0 Å².